The molecule has 0 nitrogen and oxygen atoms in total. The predicted octanol–water partition coefficient (Wildman–Crippen LogP) is 5.56. The van der Waals surface area contributed by atoms with E-state index in [-0.39, 0.29) is 0 Å². The van der Waals surface area contributed by atoms with Gasteiger partial charge in [0.25, 0.3) is 0 Å². The van der Waals surface area contributed by atoms with E-state index in [1.165, 1.54) is 0 Å². The van der Waals surface area contributed by atoms with Gasteiger partial charge in [0.2, 0.25) is 0 Å². The standard InChI is InChI=1S/C9H17Cl3S2/c1-6(2)8(5-9(10,11)12)14-13-7(3)4/h6-8H,5H2,1-4H3/t8-/m1/s1. The summed E-state index contributed by atoms with van der Waals surface area (Å²) in [5.74, 6) is 0.530. The Kier molecular flexibility index (Phi) is 7.79. The summed E-state index contributed by atoms with van der Waals surface area (Å²) in [6.45, 7) is 8.67. The van der Waals surface area contributed by atoms with Gasteiger partial charge in [0.05, 0.1) is 0 Å². The average Bonchev–Trinajstić information content (AvgIpc) is 1.94. The molecule has 0 aromatic heterocycles. The van der Waals surface area contributed by atoms with Crippen LogP contribution < -0.4 is 0 Å². The monoisotopic (exact) mass is 294 g/mol. The van der Waals surface area contributed by atoms with Gasteiger partial charge in [0, 0.05) is 16.9 Å². The van der Waals surface area contributed by atoms with Crippen LogP contribution in [-0.2, 0) is 0 Å². The fraction of sp³-hybridized carbons (Fsp3) is 1.00. The summed E-state index contributed by atoms with van der Waals surface area (Å²) in [4.78, 5) is 0. The zero-order valence-electron chi connectivity index (χ0n) is 8.89. The number of alkyl halides is 3. The Morgan fingerprint density at radius 1 is 1.00 bits per heavy atom. The van der Waals surface area contributed by atoms with Crippen molar-refractivity contribution in [3.05, 3.63) is 0 Å². The lowest BCUT2D eigenvalue weighted by atomic mass is 10.1. The summed E-state index contributed by atoms with van der Waals surface area (Å²) in [6.07, 6.45) is 0.611. The van der Waals surface area contributed by atoms with Gasteiger partial charge in [-0.25, -0.2) is 0 Å². The van der Waals surface area contributed by atoms with Crippen molar-refractivity contribution in [2.24, 2.45) is 5.92 Å². The molecule has 0 aromatic rings. The molecule has 0 saturated heterocycles. The van der Waals surface area contributed by atoms with Crippen molar-refractivity contribution in [3.63, 3.8) is 0 Å². The highest BCUT2D eigenvalue weighted by Crippen LogP contribution is 2.42. The SMILES string of the molecule is CC(C)SS[C@H](CC(Cl)(Cl)Cl)C(C)C. The van der Waals surface area contributed by atoms with Crippen molar-refractivity contribution in [3.8, 4) is 0 Å². The fourth-order valence-corrected chi connectivity index (χ4v) is 4.44. The van der Waals surface area contributed by atoms with E-state index in [0.29, 0.717) is 22.8 Å². The number of halogens is 3. The van der Waals surface area contributed by atoms with E-state index in [4.69, 9.17) is 34.8 Å². The smallest absolute Gasteiger partial charge is 0.0910 e. The Labute approximate surface area is 110 Å². The van der Waals surface area contributed by atoms with E-state index >= 15 is 0 Å². The summed E-state index contributed by atoms with van der Waals surface area (Å²) in [5, 5.41) is 1.01. The van der Waals surface area contributed by atoms with Gasteiger partial charge in [-0.05, 0) is 5.92 Å². The summed E-state index contributed by atoms with van der Waals surface area (Å²) in [5.41, 5.74) is 0. The van der Waals surface area contributed by atoms with Crippen LogP contribution >= 0.6 is 56.4 Å². The van der Waals surface area contributed by atoms with Crippen LogP contribution in [0.3, 0.4) is 0 Å². The van der Waals surface area contributed by atoms with Crippen LogP contribution in [0.25, 0.3) is 0 Å². The third kappa shape index (κ3) is 8.84. The van der Waals surface area contributed by atoms with Gasteiger partial charge in [-0.3, -0.25) is 0 Å². The van der Waals surface area contributed by atoms with Crippen molar-refractivity contribution in [2.75, 3.05) is 0 Å². The first-order valence-electron chi connectivity index (χ1n) is 4.61. The normalized spacial score (nSPS) is 15.2. The first kappa shape index (κ1) is 15.6. The third-order valence-electron chi connectivity index (χ3n) is 1.55. The van der Waals surface area contributed by atoms with Crippen LogP contribution in [0.1, 0.15) is 34.1 Å². The molecule has 0 aliphatic carbocycles. The largest absolute Gasteiger partial charge is 0.191 e. The molecule has 0 heterocycles. The Bertz CT molecular complexity index is 155. The second kappa shape index (κ2) is 7.01. The quantitative estimate of drug-likeness (QED) is 0.481. The summed E-state index contributed by atoms with van der Waals surface area (Å²) in [7, 11) is 3.68. The molecule has 0 rings (SSSR count). The molecule has 0 bridgehead atoms. The molecule has 86 valence electrons. The van der Waals surface area contributed by atoms with Crippen molar-refractivity contribution < 1.29 is 0 Å². The highest BCUT2D eigenvalue weighted by Gasteiger charge is 2.28. The molecule has 0 fully saturated rings. The Balaban J connectivity index is 4.03. The first-order valence-corrected chi connectivity index (χ1v) is 8.02. The molecule has 14 heavy (non-hydrogen) atoms. The van der Waals surface area contributed by atoms with Crippen LogP contribution in [-0.4, -0.2) is 14.3 Å². The maximum absolute atomic E-state index is 5.80. The Morgan fingerprint density at radius 3 is 1.79 bits per heavy atom. The topological polar surface area (TPSA) is 0 Å². The van der Waals surface area contributed by atoms with Gasteiger partial charge < -0.3 is 0 Å². The van der Waals surface area contributed by atoms with Gasteiger partial charge in [-0.2, -0.15) is 0 Å². The van der Waals surface area contributed by atoms with Crippen molar-refractivity contribution >= 4 is 56.4 Å². The van der Waals surface area contributed by atoms with E-state index in [1.807, 2.05) is 21.6 Å². The summed E-state index contributed by atoms with van der Waals surface area (Å²) < 4.78 is -1.13. The van der Waals surface area contributed by atoms with Gasteiger partial charge >= 0.3 is 0 Å². The molecule has 0 aliphatic rings. The van der Waals surface area contributed by atoms with Crippen LogP contribution in [0.15, 0.2) is 0 Å². The molecule has 1 atom stereocenters. The molecule has 0 amide bonds. The summed E-state index contributed by atoms with van der Waals surface area (Å²) in [6, 6.07) is 0. The van der Waals surface area contributed by atoms with Gasteiger partial charge in [0.15, 0.2) is 3.79 Å². The lowest BCUT2D eigenvalue weighted by Crippen LogP contribution is -2.18. The highest BCUT2D eigenvalue weighted by atomic mass is 35.6. The van der Waals surface area contributed by atoms with E-state index < -0.39 is 3.79 Å². The predicted molar refractivity (Wildman–Crippen MR) is 73.9 cm³/mol. The molecule has 0 spiro atoms. The maximum Gasteiger partial charge on any atom is 0.191 e. The minimum absolute atomic E-state index is 0.398. The molecule has 0 aromatic carbocycles. The van der Waals surface area contributed by atoms with Crippen LogP contribution in [0, 0.1) is 5.92 Å². The zero-order chi connectivity index (χ0) is 11.4. The third-order valence-corrected chi connectivity index (χ3v) is 5.69. The molecule has 0 unspecified atom stereocenters. The molecule has 0 aliphatic heterocycles. The number of rotatable bonds is 5. The van der Waals surface area contributed by atoms with Crippen molar-refractivity contribution in [1.29, 1.82) is 0 Å². The average molecular weight is 296 g/mol. The summed E-state index contributed by atoms with van der Waals surface area (Å²) >= 11 is 17.4. The van der Waals surface area contributed by atoms with E-state index in [1.54, 1.807) is 0 Å². The lowest BCUT2D eigenvalue weighted by Gasteiger charge is -2.24. The van der Waals surface area contributed by atoms with Crippen LogP contribution in [0.5, 0.6) is 0 Å². The zero-order valence-corrected chi connectivity index (χ0v) is 12.8. The second-order valence-electron chi connectivity index (χ2n) is 3.84. The second-order valence-corrected chi connectivity index (χ2v) is 9.45. The minimum Gasteiger partial charge on any atom is -0.0910 e. The number of hydrogen-bond acceptors (Lipinski definition) is 2. The first-order chi connectivity index (χ1) is 6.22. The fourth-order valence-electron chi connectivity index (χ4n) is 0.791. The van der Waals surface area contributed by atoms with E-state index in [0.717, 1.165) is 0 Å². The van der Waals surface area contributed by atoms with Crippen LogP contribution in [0.2, 0.25) is 0 Å². The van der Waals surface area contributed by atoms with Gasteiger partial charge in [0.1, 0.15) is 0 Å². The Morgan fingerprint density at radius 2 is 1.50 bits per heavy atom. The molecular formula is C9H17Cl3S2. The molecule has 0 radical (unpaired) electrons. The van der Waals surface area contributed by atoms with Crippen LogP contribution in [0.4, 0.5) is 0 Å². The van der Waals surface area contributed by atoms with Gasteiger partial charge in [-0.15, -0.1) is 0 Å². The van der Waals surface area contributed by atoms with Crippen molar-refractivity contribution in [1.82, 2.24) is 0 Å². The molecular weight excluding hydrogens is 279 g/mol. The maximum atomic E-state index is 5.80. The molecule has 0 N–H and O–H groups in total. The van der Waals surface area contributed by atoms with Crippen molar-refractivity contribution in [2.45, 2.75) is 48.4 Å². The van der Waals surface area contributed by atoms with E-state index in [2.05, 4.69) is 27.7 Å². The highest BCUT2D eigenvalue weighted by molar-refractivity contribution is 8.77. The number of hydrogen-bond donors (Lipinski definition) is 0. The van der Waals surface area contributed by atoms with E-state index in [9.17, 15) is 0 Å². The van der Waals surface area contributed by atoms with Gasteiger partial charge in [-0.1, -0.05) is 84.1 Å². The minimum atomic E-state index is -1.13. The molecule has 5 heteroatoms. The Hall–Kier alpha value is 1.57. The lowest BCUT2D eigenvalue weighted by molar-refractivity contribution is 0.581. The molecule has 0 saturated carbocycles.